The Labute approximate surface area is 191 Å². The molecule has 0 saturated carbocycles. The minimum Gasteiger partial charge on any atom is -0.496 e. The molecule has 0 aliphatic carbocycles. The second-order valence-electron chi connectivity index (χ2n) is 6.63. The predicted octanol–water partition coefficient (Wildman–Crippen LogP) is 6.38. The summed E-state index contributed by atoms with van der Waals surface area (Å²) in [5, 5.41) is 4.14. The number of para-hydroxylation sites is 1. The monoisotopic (exact) mass is 489 g/mol. The van der Waals surface area contributed by atoms with Crippen LogP contribution in [-0.2, 0) is 19.7 Å². The van der Waals surface area contributed by atoms with Crippen molar-refractivity contribution in [3.8, 4) is 17.2 Å². The molecule has 30 heavy (non-hydrogen) atoms. The van der Waals surface area contributed by atoms with E-state index in [9.17, 15) is 0 Å². The molecule has 0 bridgehead atoms. The molecule has 3 rings (SSSR count). The normalized spacial score (nSPS) is 10.7. The number of ether oxygens (including phenoxy) is 3. The fourth-order valence-electron chi connectivity index (χ4n) is 3.08. The van der Waals surface area contributed by atoms with E-state index in [2.05, 4.69) is 27.3 Å². The summed E-state index contributed by atoms with van der Waals surface area (Å²) in [4.78, 5) is 0. The molecule has 0 fully saturated rings. The van der Waals surface area contributed by atoms with Crippen molar-refractivity contribution in [3.63, 3.8) is 0 Å². The van der Waals surface area contributed by atoms with Crippen molar-refractivity contribution in [2.45, 2.75) is 26.6 Å². The van der Waals surface area contributed by atoms with Crippen molar-refractivity contribution in [1.29, 1.82) is 0 Å². The largest absolute Gasteiger partial charge is 0.496 e. The van der Waals surface area contributed by atoms with Crippen LogP contribution in [0.5, 0.6) is 17.2 Å². The van der Waals surface area contributed by atoms with Gasteiger partial charge < -0.3 is 19.5 Å². The summed E-state index contributed by atoms with van der Waals surface area (Å²) < 4.78 is 18.2. The number of hydrogen-bond acceptors (Lipinski definition) is 4. The van der Waals surface area contributed by atoms with Crippen LogP contribution in [0.15, 0.2) is 65.1 Å². The van der Waals surface area contributed by atoms with E-state index in [1.807, 2.05) is 61.5 Å². The highest BCUT2D eigenvalue weighted by molar-refractivity contribution is 9.10. The van der Waals surface area contributed by atoms with Crippen LogP contribution in [0.25, 0.3) is 0 Å². The summed E-state index contributed by atoms with van der Waals surface area (Å²) in [6.45, 7) is 4.26. The molecule has 1 N–H and O–H groups in total. The summed E-state index contributed by atoms with van der Waals surface area (Å²) in [5.41, 5.74) is 3.13. The molecule has 6 heteroatoms. The number of benzene rings is 3. The molecule has 0 amide bonds. The Kier molecular flexibility index (Phi) is 8.43. The molecule has 4 nitrogen and oxygen atoms in total. The molecule has 0 atom stereocenters. The Hall–Kier alpha value is -2.21. The summed E-state index contributed by atoms with van der Waals surface area (Å²) in [6.07, 6.45) is 0. The molecule has 0 spiro atoms. The Morgan fingerprint density at radius 2 is 1.63 bits per heavy atom. The summed E-state index contributed by atoms with van der Waals surface area (Å²) >= 11 is 9.88. The lowest BCUT2D eigenvalue weighted by atomic mass is 10.1. The van der Waals surface area contributed by atoms with Crippen molar-refractivity contribution in [3.05, 3.63) is 86.8 Å². The first kappa shape index (κ1) is 22.5. The number of nitrogens with one attached hydrogen (secondary N) is 1. The molecule has 0 aliphatic rings. The fourth-order valence-corrected chi connectivity index (χ4v) is 3.88. The van der Waals surface area contributed by atoms with E-state index >= 15 is 0 Å². The van der Waals surface area contributed by atoms with E-state index in [0.29, 0.717) is 42.8 Å². The van der Waals surface area contributed by atoms with Gasteiger partial charge in [0.05, 0.1) is 18.2 Å². The van der Waals surface area contributed by atoms with Gasteiger partial charge in [0.25, 0.3) is 0 Å². The number of rotatable bonds is 10. The second-order valence-corrected chi connectivity index (χ2v) is 7.89. The molecule has 0 aliphatic heterocycles. The lowest BCUT2D eigenvalue weighted by Gasteiger charge is -2.16. The SMILES string of the molecule is CCOc1cc(CNCc2ccccc2OC)cc(Br)c1OCc1ccccc1Cl. The van der Waals surface area contributed by atoms with Gasteiger partial charge in [-0.05, 0) is 52.7 Å². The number of hydrogen-bond donors (Lipinski definition) is 1. The van der Waals surface area contributed by atoms with Gasteiger partial charge in [-0.15, -0.1) is 0 Å². The van der Waals surface area contributed by atoms with Gasteiger partial charge in [0.15, 0.2) is 11.5 Å². The number of halogens is 2. The van der Waals surface area contributed by atoms with Crippen LogP contribution < -0.4 is 19.5 Å². The first-order chi connectivity index (χ1) is 14.6. The molecule has 158 valence electrons. The van der Waals surface area contributed by atoms with Gasteiger partial charge in [-0.3, -0.25) is 0 Å². The van der Waals surface area contributed by atoms with Crippen LogP contribution in [0.1, 0.15) is 23.6 Å². The quantitative estimate of drug-likeness (QED) is 0.358. The molecular formula is C24H25BrClNO3. The smallest absolute Gasteiger partial charge is 0.175 e. The van der Waals surface area contributed by atoms with Gasteiger partial charge in [-0.2, -0.15) is 0 Å². The van der Waals surface area contributed by atoms with Crippen LogP contribution in [-0.4, -0.2) is 13.7 Å². The zero-order valence-electron chi connectivity index (χ0n) is 17.1. The van der Waals surface area contributed by atoms with Crippen LogP contribution in [0.4, 0.5) is 0 Å². The Balaban J connectivity index is 1.70. The molecule has 0 radical (unpaired) electrons. The standard InChI is InChI=1S/C24H25BrClNO3/c1-3-29-23-13-17(14-27-15-18-8-5-7-11-22(18)28-2)12-20(25)24(23)30-16-19-9-4-6-10-21(19)26/h4-13,27H,3,14-16H2,1-2H3. The third kappa shape index (κ3) is 5.91. The predicted molar refractivity (Wildman–Crippen MR) is 125 cm³/mol. The minimum absolute atomic E-state index is 0.365. The number of methoxy groups -OCH3 is 1. The third-order valence-electron chi connectivity index (χ3n) is 4.54. The van der Waals surface area contributed by atoms with Crippen molar-refractivity contribution >= 4 is 27.5 Å². The van der Waals surface area contributed by atoms with Crippen LogP contribution in [0.2, 0.25) is 5.02 Å². The maximum atomic E-state index is 6.25. The molecule has 0 unspecified atom stereocenters. The zero-order valence-corrected chi connectivity index (χ0v) is 19.4. The highest BCUT2D eigenvalue weighted by atomic mass is 79.9. The zero-order chi connectivity index (χ0) is 21.3. The minimum atomic E-state index is 0.365. The first-order valence-electron chi connectivity index (χ1n) is 9.76. The van der Waals surface area contributed by atoms with E-state index in [1.165, 1.54) is 0 Å². The van der Waals surface area contributed by atoms with Crippen LogP contribution >= 0.6 is 27.5 Å². The van der Waals surface area contributed by atoms with Gasteiger partial charge in [0, 0.05) is 29.2 Å². The molecule has 0 aromatic heterocycles. The van der Waals surface area contributed by atoms with E-state index < -0.39 is 0 Å². The molecule has 0 saturated heterocycles. The lowest BCUT2D eigenvalue weighted by molar-refractivity contribution is 0.267. The summed E-state index contributed by atoms with van der Waals surface area (Å²) in [7, 11) is 1.69. The van der Waals surface area contributed by atoms with Crippen molar-refractivity contribution < 1.29 is 14.2 Å². The van der Waals surface area contributed by atoms with Crippen LogP contribution in [0, 0.1) is 0 Å². The van der Waals surface area contributed by atoms with Crippen molar-refractivity contribution in [2.75, 3.05) is 13.7 Å². The molecule has 0 heterocycles. The van der Waals surface area contributed by atoms with Gasteiger partial charge in [-0.1, -0.05) is 48.0 Å². The van der Waals surface area contributed by atoms with Gasteiger partial charge in [0.2, 0.25) is 0 Å². The summed E-state index contributed by atoms with van der Waals surface area (Å²) in [5.74, 6) is 2.25. The fraction of sp³-hybridized carbons (Fsp3) is 0.250. The van der Waals surface area contributed by atoms with Gasteiger partial charge in [-0.25, -0.2) is 0 Å². The van der Waals surface area contributed by atoms with E-state index in [4.69, 9.17) is 25.8 Å². The van der Waals surface area contributed by atoms with Gasteiger partial charge in [0.1, 0.15) is 12.4 Å². The third-order valence-corrected chi connectivity index (χ3v) is 5.49. The average molecular weight is 491 g/mol. The molecule has 3 aromatic rings. The Bertz CT molecular complexity index is 980. The molecule has 3 aromatic carbocycles. The highest BCUT2D eigenvalue weighted by Crippen LogP contribution is 2.38. The maximum Gasteiger partial charge on any atom is 0.175 e. The van der Waals surface area contributed by atoms with Gasteiger partial charge >= 0.3 is 0 Å². The van der Waals surface area contributed by atoms with E-state index in [0.717, 1.165) is 26.9 Å². The maximum absolute atomic E-state index is 6.25. The Morgan fingerprint density at radius 1 is 0.900 bits per heavy atom. The van der Waals surface area contributed by atoms with Crippen LogP contribution in [0.3, 0.4) is 0 Å². The lowest BCUT2D eigenvalue weighted by Crippen LogP contribution is -2.13. The first-order valence-corrected chi connectivity index (χ1v) is 10.9. The van der Waals surface area contributed by atoms with E-state index in [-0.39, 0.29) is 0 Å². The summed E-state index contributed by atoms with van der Waals surface area (Å²) in [6, 6.07) is 19.7. The topological polar surface area (TPSA) is 39.7 Å². The van der Waals surface area contributed by atoms with E-state index in [1.54, 1.807) is 7.11 Å². The van der Waals surface area contributed by atoms with Crippen molar-refractivity contribution in [1.82, 2.24) is 5.32 Å². The van der Waals surface area contributed by atoms with Crippen molar-refractivity contribution in [2.24, 2.45) is 0 Å². The average Bonchev–Trinajstić information content (AvgIpc) is 2.75. The highest BCUT2D eigenvalue weighted by Gasteiger charge is 2.13. The molecular weight excluding hydrogens is 466 g/mol. The Morgan fingerprint density at radius 3 is 2.37 bits per heavy atom. The second kappa shape index (κ2) is 11.3.